The highest BCUT2D eigenvalue weighted by atomic mass is 19.1. The van der Waals surface area contributed by atoms with E-state index in [1.54, 1.807) is 54.7 Å². The molecular formula is C22H15FN2O3. The molecule has 6 heteroatoms. The highest BCUT2D eigenvalue weighted by Gasteiger charge is 2.47. The minimum absolute atomic E-state index is 0.0920. The molecule has 5 nitrogen and oxygen atoms in total. The van der Waals surface area contributed by atoms with Crippen molar-refractivity contribution in [1.29, 1.82) is 0 Å². The Kier molecular flexibility index (Phi) is 4.45. The van der Waals surface area contributed by atoms with E-state index < -0.39 is 23.5 Å². The van der Waals surface area contributed by atoms with Crippen LogP contribution in [0.15, 0.2) is 84.7 Å². The van der Waals surface area contributed by atoms with Gasteiger partial charge in [-0.25, -0.2) is 4.39 Å². The van der Waals surface area contributed by atoms with Crippen molar-refractivity contribution in [1.82, 2.24) is 4.98 Å². The van der Waals surface area contributed by atoms with E-state index in [0.29, 0.717) is 16.8 Å². The van der Waals surface area contributed by atoms with Gasteiger partial charge in [0, 0.05) is 11.8 Å². The number of ketones is 1. The number of amides is 1. The van der Waals surface area contributed by atoms with Crippen LogP contribution in [0.2, 0.25) is 0 Å². The zero-order chi connectivity index (χ0) is 19.7. The molecule has 3 aromatic rings. The van der Waals surface area contributed by atoms with Crippen LogP contribution in [-0.4, -0.2) is 21.8 Å². The molecule has 0 saturated carbocycles. The number of aliphatic hydroxyl groups is 1. The largest absolute Gasteiger partial charge is 0.507 e. The minimum atomic E-state index is -0.972. The number of aliphatic hydroxyl groups excluding tert-OH is 1. The van der Waals surface area contributed by atoms with Crippen LogP contribution in [0.1, 0.15) is 17.2 Å². The number of anilines is 1. The number of nitrogens with zero attached hydrogens (tertiary/aromatic N) is 2. The van der Waals surface area contributed by atoms with Crippen molar-refractivity contribution < 1.29 is 19.1 Å². The van der Waals surface area contributed by atoms with Crippen molar-refractivity contribution >= 4 is 23.1 Å². The maximum absolute atomic E-state index is 13.9. The number of aromatic nitrogens is 1. The van der Waals surface area contributed by atoms with Gasteiger partial charge in [-0.15, -0.1) is 0 Å². The van der Waals surface area contributed by atoms with E-state index in [1.165, 1.54) is 29.3 Å². The molecule has 1 atom stereocenters. The normalized spacial score (nSPS) is 18.5. The standard InChI is InChI=1S/C22H15FN2O3/c23-16-9-4-8-15(12-16)19-18(20(26)14-6-2-1-3-7-14)21(27)22(28)25(19)17-10-5-11-24-13-17/h1-13,19,26H/b20-18+/t19-/m1/s1. The lowest BCUT2D eigenvalue weighted by atomic mass is 9.95. The van der Waals surface area contributed by atoms with Gasteiger partial charge in [0.05, 0.1) is 23.5 Å². The average Bonchev–Trinajstić information content (AvgIpc) is 3.00. The van der Waals surface area contributed by atoms with Crippen LogP contribution < -0.4 is 4.90 Å². The molecule has 1 N–H and O–H groups in total. The minimum Gasteiger partial charge on any atom is -0.507 e. The number of carbonyl (C=O) groups excluding carboxylic acids is 2. The molecule has 1 amide bonds. The molecule has 138 valence electrons. The summed E-state index contributed by atoms with van der Waals surface area (Å²) in [7, 11) is 0. The molecule has 0 bridgehead atoms. The lowest BCUT2D eigenvalue weighted by Gasteiger charge is -2.25. The fraction of sp³-hybridized carbons (Fsp3) is 0.0455. The Bertz CT molecular complexity index is 1080. The van der Waals surface area contributed by atoms with Gasteiger partial charge in [0.25, 0.3) is 11.7 Å². The Morgan fingerprint density at radius 2 is 1.79 bits per heavy atom. The van der Waals surface area contributed by atoms with Crippen molar-refractivity contribution in [3.63, 3.8) is 0 Å². The molecule has 1 aliphatic heterocycles. The first-order chi connectivity index (χ1) is 13.6. The van der Waals surface area contributed by atoms with E-state index in [0.717, 1.165) is 0 Å². The number of benzene rings is 2. The second kappa shape index (κ2) is 7.08. The molecule has 28 heavy (non-hydrogen) atoms. The van der Waals surface area contributed by atoms with Crippen LogP contribution >= 0.6 is 0 Å². The van der Waals surface area contributed by atoms with Crippen LogP contribution in [0.25, 0.3) is 5.76 Å². The van der Waals surface area contributed by atoms with Crippen LogP contribution in [0.4, 0.5) is 10.1 Å². The Hall–Kier alpha value is -3.80. The quantitative estimate of drug-likeness (QED) is 0.430. The molecule has 2 heterocycles. The van der Waals surface area contributed by atoms with Gasteiger partial charge < -0.3 is 5.11 Å². The van der Waals surface area contributed by atoms with Crippen LogP contribution in [0, 0.1) is 5.82 Å². The van der Waals surface area contributed by atoms with E-state index in [-0.39, 0.29) is 11.3 Å². The van der Waals surface area contributed by atoms with Crippen molar-refractivity contribution in [2.45, 2.75) is 6.04 Å². The summed E-state index contributed by atoms with van der Waals surface area (Å²) in [5, 5.41) is 10.8. The summed E-state index contributed by atoms with van der Waals surface area (Å²) in [6, 6.07) is 16.4. The number of rotatable bonds is 3. The molecule has 0 unspecified atom stereocenters. The molecule has 0 aliphatic carbocycles. The van der Waals surface area contributed by atoms with Crippen molar-refractivity contribution in [3.05, 3.63) is 102 Å². The SMILES string of the molecule is O=C1C(=O)N(c2cccnc2)[C@H](c2cccc(F)c2)/C1=C(\O)c1ccccc1. The molecule has 2 aromatic carbocycles. The van der Waals surface area contributed by atoms with Crippen molar-refractivity contribution in [2.24, 2.45) is 0 Å². The summed E-state index contributed by atoms with van der Waals surface area (Å²) >= 11 is 0. The number of pyridine rings is 1. The highest BCUT2D eigenvalue weighted by molar-refractivity contribution is 6.51. The Morgan fingerprint density at radius 3 is 2.46 bits per heavy atom. The molecule has 1 aliphatic rings. The molecule has 4 rings (SSSR count). The third kappa shape index (κ3) is 2.95. The van der Waals surface area contributed by atoms with E-state index in [9.17, 15) is 19.1 Å². The third-order valence-corrected chi connectivity index (χ3v) is 4.58. The Morgan fingerprint density at radius 1 is 1.00 bits per heavy atom. The smallest absolute Gasteiger partial charge is 0.300 e. The Labute approximate surface area is 160 Å². The maximum Gasteiger partial charge on any atom is 0.300 e. The zero-order valence-corrected chi connectivity index (χ0v) is 14.6. The van der Waals surface area contributed by atoms with E-state index >= 15 is 0 Å². The molecule has 1 fully saturated rings. The lowest BCUT2D eigenvalue weighted by Crippen LogP contribution is -2.29. The Balaban J connectivity index is 1.96. The van der Waals surface area contributed by atoms with Gasteiger partial charge in [0.2, 0.25) is 0 Å². The van der Waals surface area contributed by atoms with Gasteiger partial charge in [-0.1, -0.05) is 42.5 Å². The van der Waals surface area contributed by atoms with Crippen molar-refractivity contribution in [3.8, 4) is 0 Å². The summed E-state index contributed by atoms with van der Waals surface area (Å²) in [6.45, 7) is 0. The summed E-state index contributed by atoms with van der Waals surface area (Å²) in [5.41, 5.74) is 1.06. The molecule has 1 saturated heterocycles. The van der Waals surface area contributed by atoms with Crippen LogP contribution in [0.3, 0.4) is 0 Å². The van der Waals surface area contributed by atoms with Crippen molar-refractivity contribution in [2.75, 3.05) is 4.90 Å². The first kappa shape index (κ1) is 17.6. The number of hydrogen-bond acceptors (Lipinski definition) is 4. The number of halogens is 1. The highest BCUT2D eigenvalue weighted by Crippen LogP contribution is 2.41. The zero-order valence-electron chi connectivity index (χ0n) is 14.6. The van der Waals surface area contributed by atoms with Gasteiger partial charge in [0.15, 0.2) is 0 Å². The predicted molar refractivity (Wildman–Crippen MR) is 102 cm³/mol. The van der Waals surface area contributed by atoms with E-state index in [4.69, 9.17) is 0 Å². The monoisotopic (exact) mass is 374 g/mol. The number of Topliss-reactive ketones (excluding diaryl/α,β-unsaturated/α-hetero) is 1. The second-order valence-electron chi connectivity index (χ2n) is 6.30. The van der Waals surface area contributed by atoms with E-state index in [1.807, 2.05) is 0 Å². The summed E-state index contributed by atoms with van der Waals surface area (Å²) in [4.78, 5) is 30.9. The maximum atomic E-state index is 13.9. The number of hydrogen-bond donors (Lipinski definition) is 1. The van der Waals surface area contributed by atoms with Crippen LogP contribution in [-0.2, 0) is 9.59 Å². The average molecular weight is 374 g/mol. The topological polar surface area (TPSA) is 70.5 Å². The first-order valence-corrected chi connectivity index (χ1v) is 8.60. The van der Waals surface area contributed by atoms with Gasteiger partial charge in [-0.05, 0) is 29.8 Å². The first-order valence-electron chi connectivity index (χ1n) is 8.60. The molecular weight excluding hydrogens is 359 g/mol. The van der Waals surface area contributed by atoms with Gasteiger partial charge in [-0.3, -0.25) is 19.5 Å². The number of carbonyl (C=O) groups is 2. The molecule has 0 spiro atoms. The molecule has 1 aromatic heterocycles. The fourth-order valence-corrected chi connectivity index (χ4v) is 3.34. The van der Waals surface area contributed by atoms with Gasteiger partial charge in [0.1, 0.15) is 11.6 Å². The van der Waals surface area contributed by atoms with Gasteiger partial charge in [-0.2, -0.15) is 0 Å². The van der Waals surface area contributed by atoms with E-state index in [2.05, 4.69) is 4.98 Å². The van der Waals surface area contributed by atoms with Crippen LogP contribution in [0.5, 0.6) is 0 Å². The second-order valence-corrected chi connectivity index (χ2v) is 6.30. The predicted octanol–water partition coefficient (Wildman–Crippen LogP) is 3.85. The summed E-state index contributed by atoms with van der Waals surface area (Å²) in [6.07, 6.45) is 2.99. The van der Waals surface area contributed by atoms with Gasteiger partial charge >= 0.3 is 0 Å². The fourth-order valence-electron chi connectivity index (χ4n) is 3.34. The summed E-state index contributed by atoms with van der Waals surface area (Å²) in [5.74, 6) is -2.45. The molecule has 0 radical (unpaired) electrons. The summed E-state index contributed by atoms with van der Waals surface area (Å²) < 4.78 is 13.9. The lowest BCUT2D eigenvalue weighted by molar-refractivity contribution is -0.132. The third-order valence-electron chi connectivity index (χ3n) is 4.58.